The number of aromatic nitrogens is 4. The summed E-state index contributed by atoms with van der Waals surface area (Å²) < 4.78 is 10.0. The van der Waals surface area contributed by atoms with E-state index in [0.717, 1.165) is 16.6 Å². The van der Waals surface area contributed by atoms with E-state index in [-0.39, 0.29) is 0 Å². The average molecular weight is 271 g/mol. The molecule has 3 rings (SSSR count). The molecule has 7 heteroatoms. The van der Waals surface area contributed by atoms with Gasteiger partial charge in [0.05, 0.1) is 17.6 Å². The topological polar surface area (TPSA) is 86.0 Å². The van der Waals surface area contributed by atoms with Crippen LogP contribution < -0.4 is 5.32 Å². The van der Waals surface area contributed by atoms with Crippen LogP contribution in [-0.2, 0) is 4.74 Å². The molecule has 1 N–H and O–H groups in total. The van der Waals surface area contributed by atoms with Crippen molar-refractivity contribution >= 4 is 17.0 Å². The van der Waals surface area contributed by atoms with E-state index in [9.17, 15) is 0 Å². The van der Waals surface area contributed by atoms with Gasteiger partial charge in [0.2, 0.25) is 5.82 Å². The predicted octanol–water partition coefficient (Wildman–Crippen LogP) is 1.74. The summed E-state index contributed by atoms with van der Waals surface area (Å²) in [6, 6.07) is 6.02. The molecule has 0 atom stereocenters. The molecule has 0 saturated heterocycles. The highest BCUT2D eigenvalue weighted by atomic mass is 16.5. The van der Waals surface area contributed by atoms with Gasteiger partial charge in [-0.3, -0.25) is 9.97 Å². The molecule has 0 aliphatic carbocycles. The fraction of sp³-hybridized carbons (Fsp3) is 0.231. The van der Waals surface area contributed by atoms with Crippen molar-refractivity contribution in [3.05, 3.63) is 30.6 Å². The smallest absolute Gasteiger partial charge is 0.321 e. The van der Waals surface area contributed by atoms with Gasteiger partial charge in [0.25, 0.3) is 0 Å². The van der Waals surface area contributed by atoms with Gasteiger partial charge in [0, 0.05) is 31.6 Å². The SMILES string of the molecule is COCCNc1nc(-c2ccc3nccnc3c2)no1. The lowest BCUT2D eigenvalue weighted by Gasteiger charge is -1.98. The van der Waals surface area contributed by atoms with Crippen LogP contribution in [0, 0.1) is 0 Å². The zero-order chi connectivity index (χ0) is 13.8. The third kappa shape index (κ3) is 2.57. The summed E-state index contributed by atoms with van der Waals surface area (Å²) >= 11 is 0. The van der Waals surface area contributed by atoms with Gasteiger partial charge in [0.15, 0.2) is 0 Å². The summed E-state index contributed by atoms with van der Waals surface area (Å²) in [5.74, 6) is 0.512. The minimum atomic E-state index is 0.372. The number of hydrogen-bond acceptors (Lipinski definition) is 7. The number of nitrogens with one attached hydrogen (secondary N) is 1. The molecule has 0 unspecified atom stereocenters. The molecule has 20 heavy (non-hydrogen) atoms. The Kier molecular flexibility index (Phi) is 3.51. The highest BCUT2D eigenvalue weighted by Gasteiger charge is 2.09. The van der Waals surface area contributed by atoms with E-state index in [0.29, 0.717) is 25.0 Å². The van der Waals surface area contributed by atoms with E-state index in [4.69, 9.17) is 9.26 Å². The predicted molar refractivity (Wildman–Crippen MR) is 73.2 cm³/mol. The van der Waals surface area contributed by atoms with Gasteiger partial charge in [0.1, 0.15) is 0 Å². The van der Waals surface area contributed by atoms with Gasteiger partial charge in [-0.05, 0) is 18.2 Å². The molecule has 0 aliphatic heterocycles. The lowest BCUT2D eigenvalue weighted by Crippen LogP contribution is -2.07. The van der Waals surface area contributed by atoms with E-state index in [1.165, 1.54) is 0 Å². The molecule has 0 radical (unpaired) electrons. The largest absolute Gasteiger partial charge is 0.383 e. The van der Waals surface area contributed by atoms with Crippen LogP contribution >= 0.6 is 0 Å². The highest BCUT2D eigenvalue weighted by Crippen LogP contribution is 2.20. The Morgan fingerprint density at radius 1 is 1.20 bits per heavy atom. The second-order valence-corrected chi connectivity index (χ2v) is 4.10. The van der Waals surface area contributed by atoms with E-state index >= 15 is 0 Å². The van der Waals surface area contributed by atoms with E-state index in [2.05, 4.69) is 25.4 Å². The fourth-order valence-electron chi connectivity index (χ4n) is 1.77. The summed E-state index contributed by atoms with van der Waals surface area (Å²) in [5, 5.41) is 6.91. The number of ether oxygens (including phenoxy) is 1. The Balaban J connectivity index is 1.83. The number of methoxy groups -OCH3 is 1. The Morgan fingerprint density at radius 2 is 2.05 bits per heavy atom. The van der Waals surface area contributed by atoms with Crippen LogP contribution in [0.4, 0.5) is 6.01 Å². The number of fused-ring (bicyclic) bond motifs is 1. The second-order valence-electron chi connectivity index (χ2n) is 4.10. The summed E-state index contributed by atoms with van der Waals surface area (Å²) in [5.41, 5.74) is 2.46. The number of benzene rings is 1. The van der Waals surface area contributed by atoms with Gasteiger partial charge >= 0.3 is 6.01 Å². The van der Waals surface area contributed by atoms with Crippen molar-refractivity contribution in [1.29, 1.82) is 0 Å². The van der Waals surface area contributed by atoms with Crippen LogP contribution in [0.15, 0.2) is 35.1 Å². The monoisotopic (exact) mass is 271 g/mol. The van der Waals surface area contributed by atoms with Gasteiger partial charge in [-0.2, -0.15) is 4.98 Å². The molecule has 0 aliphatic rings. The van der Waals surface area contributed by atoms with E-state index in [1.807, 2.05) is 18.2 Å². The van der Waals surface area contributed by atoms with Gasteiger partial charge in [-0.15, -0.1) is 0 Å². The van der Waals surface area contributed by atoms with Crippen LogP contribution in [-0.4, -0.2) is 40.4 Å². The highest BCUT2D eigenvalue weighted by molar-refractivity contribution is 5.79. The molecule has 102 valence electrons. The first-order valence-electron chi connectivity index (χ1n) is 6.14. The Hall–Kier alpha value is -2.54. The molecule has 3 aromatic rings. The first-order valence-corrected chi connectivity index (χ1v) is 6.14. The van der Waals surface area contributed by atoms with Gasteiger partial charge < -0.3 is 14.6 Å². The fourth-order valence-corrected chi connectivity index (χ4v) is 1.77. The quantitative estimate of drug-likeness (QED) is 0.707. The minimum absolute atomic E-state index is 0.372. The summed E-state index contributed by atoms with van der Waals surface area (Å²) in [6.07, 6.45) is 3.31. The number of hydrogen-bond donors (Lipinski definition) is 1. The molecular weight excluding hydrogens is 258 g/mol. The number of rotatable bonds is 5. The van der Waals surface area contributed by atoms with Gasteiger partial charge in [-0.25, -0.2) is 0 Å². The van der Waals surface area contributed by atoms with E-state index in [1.54, 1.807) is 19.5 Å². The first-order chi connectivity index (χ1) is 9.86. The zero-order valence-electron chi connectivity index (χ0n) is 10.9. The lowest BCUT2D eigenvalue weighted by atomic mass is 10.2. The molecule has 0 saturated carbocycles. The van der Waals surface area contributed by atoms with Crippen molar-refractivity contribution in [2.45, 2.75) is 0 Å². The van der Waals surface area contributed by atoms with Crippen LogP contribution in [0.1, 0.15) is 0 Å². The lowest BCUT2D eigenvalue weighted by molar-refractivity contribution is 0.210. The molecular formula is C13H13N5O2. The Labute approximate surface area is 115 Å². The number of nitrogens with zero attached hydrogens (tertiary/aromatic N) is 4. The summed E-state index contributed by atoms with van der Waals surface area (Å²) in [4.78, 5) is 12.7. The molecule has 2 aromatic heterocycles. The van der Waals surface area contributed by atoms with Crippen molar-refractivity contribution in [2.24, 2.45) is 0 Å². The molecule has 0 spiro atoms. The Bertz CT molecular complexity index is 713. The van der Waals surface area contributed by atoms with Crippen LogP contribution in [0.2, 0.25) is 0 Å². The molecule has 2 heterocycles. The molecule has 0 amide bonds. The Morgan fingerprint density at radius 3 is 2.90 bits per heavy atom. The van der Waals surface area contributed by atoms with Crippen LogP contribution in [0.25, 0.3) is 22.4 Å². The normalized spacial score (nSPS) is 10.8. The van der Waals surface area contributed by atoms with Crippen molar-refractivity contribution in [3.63, 3.8) is 0 Å². The van der Waals surface area contributed by atoms with Gasteiger partial charge in [-0.1, -0.05) is 5.16 Å². The molecule has 0 fully saturated rings. The molecule has 1 aromatic carbocycles. The van der Waals surface area contributed by atoms with Crippen LogP contribution in [0.3, 0.4) is 0 Å². The van der Waals surface area contributed by atoms with Crippen molar-refractivity contribution < 1.29 is 9.26 Å². The average Bonchev–Trinajstić information content (AvgIpc) is 2.96. The summed E-state index contributed by atoms with van der Waals surface area (Å²) in [6.45, 7) is 1.19. The summed E-state index contributed by atoms with van der Waals surface area (Å²) in [7, 11) is 1.64. The number of anilines is 1. The zero-order valence-corrected chi connectivity index (χ0v) is 10.9. The van der Waals surface area contributed by atoms with Crippen LogP contribution in [0.5, 0.6) is 0 Å². The minimum Gasteiger partial charge on any atom is -0.383 e. The maximum atomic E-state index is 5.11. The third-order valence-corrected chi connectivity index (χ3v) is 2.74. The molecule has 0 bridgehead atoms. The molecule has 7 nitrogen and oxygen atoms in total. The van der Waals surface area contributed by atoms with Crippen molar-refractivity contribution in [1.82, 2.24) is 20.1 Å². The van der Waals surface area contributed by atoms with Crippen molar-refractivity contribution in [2.75, 3.05) is 25.6 Å². The van der Waals surface area contributed by atoms with E-state index < -0.39 is 0 Å². The standard InChI is InChI=1S/C13H13N5O2/c1-19-7-6-16-13-17-12(18-20-13)9-2-3-10-11(8-9)15-5-4-14-10/h2-5,8H,6-7H2,1H3,(H,16,17,18). The maximum absolute atomic E-state index is 5.11. The third-order valence-electron chi connectivity index (χ3n) is 2.74. The second kappa shape index (κ2) is 5.62. The van der Waals surface area contributed by atoms with Crippen molar-refractivity contribution in [3.8, 4) is 11.4 Å². The maximum Gasteiger partial charge on any atom is 0.321 e. The first kappa shape index (κ1) is 12.5.